The fourth-order valence-corrected chi connectivity index (χ4v) is 6.23. The molecule has 0 spiro atoms. The van der Waals surface area contributed by atoms with E-state index in [2.05, 4.69) is 5.32 Å². The molecule has 1 unspecified atom stereocenters. The predicted octanol–water partition coefficient (Wildman–Crippen LogP) is 5.45. The van der Waals surface area contributed by atoms with Crippen molar-refractivity contribution in [2.75, 3.05) is 18.0 Å². The van der Waals surface area contributed by atoms with Gasteiger partial charge in [-0.3, -0.25) is 13.9 Å². The summed E-state index contributed by atoms with van der Waals surface area (Å²) in [7, 11) is -2.69. The number of carbonyl (C=O) groups is 2. The molecule has 0 saturated heterocycles. The largest absolute Gasteiger partial charge is 0.497 e. The molecule has 0 heterocycles. The number of hydrogen-bond acceptors (Lipinski definition) is 5. The summed E-state index contributed by atoms with van der Waals surface area (Å²) < 4.78 is 34.6. The first-order valence-corrected chi connectivity index (χ1v) is 15.8. The zero-order chi connectivity index (χ0) is 31.7. The van der Waals surface area contributed by atoms with Crippen LogP contribution in [0.4, 0.5) is 5.69 Å². The Morgan fingerprint density at radius 1 is 0.795 bits per heavy atom. The SMILES string of the molecule is COc1cccc(N(CC(=O)N(Cc2ccccc2)C(Cc2ccccc2)C(=O)NC(C)(C)C)S(=O)(=O)c2ccccc2)c1. The van der Waals surface area contributed by atoms with Crippen molar-refractivity contribution in [2.45, 2.75) is 50.2 Å². The lowest BCUT2D eigenvalue weighted by atomic mass is 10.0. The van der Waals surface area contributed by atoms with Crippen molar-refractivity contribution < 1.29 is 22.7 Å². The number of nitrogens with one attached hydrogen (secondary N) is 1. The molecule has 230 valence electrons. The van der Waals surface area contributed by atoms with Crippen molar-refractivity contribution in [1.82, 2.24) is 10.2 Å². The highest BCUT2D eigenvalue weighted by atomic mass is 32.2. The molecule has 0 saturated carbocycles. The molecule has 0 aromatic heterocycles. The first kappa shape index (κ1) is 32.3. The van der Waals surface area contributed by atoms with Gasteiger partial charge in [0, 0.05) is 24.6 Å². The molecule has 0 radical (unpaired) electrons. The highest BCUT2D eigenvalue weighted by Crippen LogP contribution is 2.28. The number of amides is 2. The Balaban J connectivity index is 1.81. The first-order chi connectivity index (χ1) is 21.0. The second-order valence-electron chi connectivity index (χ2n) is 11.5. The lowest BCUT2D eigenvalue weighted by Gasteiger charge is -2.35. The van der Waals surface area contributed by atoms with Gasteiger partial charge in [0.05, 0.1) is 17.7 Å². The molecule has 44 heavy (non-hydrogen) atoms. The van der Waals surface area contributed by atoms with Crippen LogP contribution in [0.25, 0.3) is 0 Å². The van der Waals surface area contributed by atoms with Gasteiger partial charge in [0.25, 0.3) is 10.0 Å². The zero-order valence-electron chi connectivity index (χ0n) is 25.5. The minimum absolute atomic E-state index is 0.0385. The lowest BCUT2D eigenvalue weighted by Crippen LogP contribution is -2.56. The standard InChI is InChI=1S/C35H39N3O5S/c1-35(2,3)36-34(40)32(23-27-15-8-5-9-16-27)37(25-28-17-10-6-11-18-28)33(39)26-38(29-19-14-20-30(24-29)43-4)44(41,42)31-21-12-7-13-22-31/h5-22,24,32H,23,25-26H2,1-4H3,(H,36,40). The van der Waals surface area contributed by atoms with Crippen LogP contribution < -0.4 is 14.4 Å². The quantitative estimate of drug-likeness (QED) is 0.230. The first-order valence-electron chi connectivity index (χ1n) is 14.4. The van der Waals surface area contributed by atoms with Crippen LogP contribution in [0, 0.1) is 0 Å². The van der Waals surface area contributed by atoms with Gasteiger partial charge >= 0.3 is 0 Å². The molecule has 2 amide bonds. The molecule has 0 aliphatic rings. The van der Waals surface area contributed by atoms with Crippen molar-refractivity contribution in [3.63, 3.8) is 0 Å². The molecule has 1 atom stereocenters. The van der Waals surface area contributed by atoms with Gasteiger partial charge in [0.2, 0.25) is 11.8 Å². The highest BCUT2D eigenvalue weighted by Gasteiger charge is 2.35. The van der Waals surface area contributed by atoms with Crippen LogP contribution in [0.2, 0.25) is 0 Å². The summed E-state index contributed by atoms with van der Waals surface area (Å²) in [6.07, 6.45) is 0.242. The molecular weight excluding hydrogens is 574 g/mol. The van der Waals surface area contributed by atoms with E-state index in [1.54, 1.807) is 42.5 Å². The number of ether oxygens (including phenoxy) is 1. The predicted molar refractivity (Wildman–Crippen MR) is 173 cm³/mol. The Labute approximate surface area is 260 Å². The van der Waals surface area contributed by atoms with E-state index in [4.69, 9.17) is 4.74 Å². The minimum atomic E-state index is -4.18. The molecule has 4 aromatic carbocycles. The zero-order valence-corrected chi connectivity index (χ0v) is 26.3. The molecule has 4 rings (SSSR count). The van der Waals surface area contributed by atoms with Crippen LogP contribution >= 0.6 is 0 Å². The van der Waals surface area contributed by atoms with E-state index in [0.717, 1.165) is 15.4 Å². The molecule has 1 N–H and O–H groups in total. The van der Waals surface area contributed by atoms with Crippen molar-refractivity contribution in [3.05, 3.63) is 126 Å². The molecular formula is C35H39N3O5S. The van der Waals surface area contributed by atoms with Gasteiger partial charge in [-0.15, -0.1) is 0 Å². The summed E-state index contributed by atoms with van der Waals surface area (Å²) in [5.74, 6) is -0.415. The number of rotatable bonds is 12. The Morgan fingerprint density at radius 3 is 1.93 bits per heavy atom. The average molecular weight is 614 g/mol. The third kappa shape index (κ3) is 8.48. The molecule has 0 aliphatic heterocycles. The lowest BCUT2D eigenvalue weighted by molar-refractivity contribution is -0.140. The van der Waals surface area contributed by atoms with E-state index in [9.17, 15) is 18.0 Å². The maximum atomic E-state index is 14.5. The molecule has 0 fully saturated rings. The average Bonchev–Trinajstić information content (AvgIpc) is 3.02. The van der Waals surface area contributed by atoms with Crippen molar-refractivity contribution in [3.8, 4) is 5.75 Å². The Bertz CT molecular complexity index is 1640. The van der Waals surface area contributed by atoms with E-state index < -0.39 is 34.1 Å². The third-order valence-corrected chi connectivity index (χ3v) is 8.70. The number of anilines is 1. The molecule has 0 bridgehead atoms. The summed E-state index contributed by atoms with van der Waals surface area (Å²) in [5.41, 5.74) is 1.38. The van der Waals surface area contributed by atoms with E-state index in [-0.39, 0.29) is 29.5 Å². The van der Waals surface area contributed by atoms with Gasteiger partial charge in [0.1, 0.15) is 18.3 Å². The minimum Gasteiger partial charge on any atom is -0.497 e. The fourth-order valence-electron chi connectivity index (χ4n) is 4.80. The topological polar surface area (TPSA) is 96.0 Å². The van der Waals surface area contributed by atoms with Crippen LogP contribution in [-0.2, 0) is 32.6 Å². The summed E-state index contributed by atoms with van der Waals surface area (Å²) in [6, 6.07) is 32.4. The maximum absolute atomic E-state index is 14.5. The van der Waals surface area contributed by atoms with Crippen LogP contribution in [0.15, 0.2) is 120 Å². The number of methoxy groups -OCH3 is 1. The fraction of sp³-hybridized carbons (Fsp3) is 0.257. The smallest absolute Gasteiger partial charge is 0.264 e. The number of benzene rings is 4. The number of sulfonamides is 1. The molecule has 4 aromatic rings. The molecule has 0 aliphatic carbocycles. The van der Waals surface area contributed by atoms with Crippen molar-refractivity contribution >= 4 is 27.5 Å². The van der Waals surface area contributed by atoms with E-state index in [1.165, 1.54) is 24.1 Å². The molecule has 9 heteroatoms. The second kappa shape index (κ2) is 14.2. The van der Waals surface area contributed by atoms with Crippen LogP contribution in [-0.4, -0.2) is 50.4 Å². The van der Waals surface area contributed by atoms with E-state index in [1.807, 2.05) is 81.4 Å². The van der Waals surface area contributed by atoms with Gasteiger partial charge in [-0.2, -0.15) is 0 Å². The van der Waals surface area contributed by atoms with Gasteiger partial charge in [-0.1, -0.05) is 84.9 Å². The van der Waals surface area contributed by atoms with E-state index in [0.29, 0.717) is 5.75 Å². The summed E-state index contributed by atoms with van der Waals surface area (Å²) >= 11 is 0. The highest BCUT2D eigenvalue weighted by molar-refractivity contribution is 7.92. The van der Waals surface area contributed by atoms with E-state index >= 15 is 0 Å². The third-order valence-electron chi connectivity index (χ3n) is 6.92. The van der Waals surface area contributed by atoms with Gasteiger partial charge in [0.15, 0.2) is 0 Å². The molecule has 8 nitrogen and oxygen atoms in total. The Morgan fingerprint density at radius 2 is 1.36 bits per heavy atom. The van der Waals surface area contributed by atoms with Crippen molar-refractivity contribution in [1.29, 1.82) is 0 Å². The van der Waals surface area contributed by atoms with Crippen molar-refractivity contribution in [2.24, 2.45) is 0 Å². The van der Waals surface area contributed by atoms with Crippen LogP contribution in [0.3, 0.4) is 0 Å². The van der Waals surface area contributed by atoms with Gasteiger partial charge < -0.3 is 15.0 Å². The van der Waals surface area contributed by atoms with Gasteiger partial charge in [-0.25, -0.2) is 8.42 Å². The monoisotopic (exact) mass is 613 g/mol. The number of carbonyl (C=O) groups excluding carboxylic acids is 2. The Hall–Kier alpha value is -4.63. The van der Waals surface area contributed by atoms with Gasteiger partial charge in [-0.05, 0) is 56.2 Å². The number of hydrogen-bond donors (Lipinski definition) is 1. The second-order valence-corrected chi connectivity index (χ2v) is 13.3. The summed E-state index contributed by atoms with van der Waals surface area (Å²) in [5, 5.41) is 3.04. The van der Waals surface area contributed by atoms with Crippen LogP contribution in [0.1, 0.15) is 31.9 Å². The Kier molecular flexibility index (Phi) is 10.4. The van der Waals surface area contributed by atoms with Crippen LogP contribution in [0.5, 0.6) is 5.75 Å². The number of nitrogens with zero attached hydrogens (tertiary/aromatic N) is 2. The summed E-state index contributed by atoms with van der Waals surface area (Å²) in [6.45, 7) is 5.21. The maximum Gasteiger partial charge on any atom is 0.264 e. The normalized spacial score (nSPS) is 12.2. The summed E-state index contributed by atoms with van der Waals surface area (Å²) in [4.78, 5) is 29.9.